The van der Waals surface area contributed by atoms with E-state index >= 15 is 0 Å². The smallest absolute Gasteiger partial charge is 0.272 e. The molecular formula is C9H10F2OS. The number of hydrogen-bond donors (Lipinski definition) is 1. The zero-order valence-corrected chi connectivity index (χ0v) is 7.73. The van der Waals surface area contributed by atoms with Gasteiger partial charge in [-0.1, -0.05) is 6.07 Å². The zero-order valence-electron chi connectivity index (χ0n) is 6.91. The maximum Gasteiger partial charge on any atom is 0.272 e. The topological polar surface area (TPSA) is 20.2 Å². The summed E-state index contributed by atoms with van der Waals surface area (Å²) >= 11 is 1.20. The molecule has 1 N–H and O–H groups in total. The molecule has 0 spiro atoms. The highest BCUT2D eigenvalue weighted by atomic mass is 32.1. The Morgan fingerprint density at radius 2 is 2.23 bits per heavy atom. The molecule has 0 aromatic carbocycles. The molecule has 1 aromatic rings. The standard InChI is InChI=1S/C9H10F2OS/c10-8(11)9(12,6-3-4-6)7-2-1-5-13-7/h1-2,5-6,8,12H,3-4H2. The third-order valence-corrected chi connectivity index (χ3v) is 3.46. The van der Waals surface area contributed by atoms with E-state index in [1.165, 1.54) is 11.3 Å². The van der Waals surface area contributed by atoms with Gasteiger partial charge in [0.2, 0.25) is 0 Å². The highest BCUT2D eigenvalue weighted by Gasteiger charge is 2.52. The normalized spacial score (nSPS) is 21.8. The summed E-state index contributed by atoms with van der Waals surface area (Å²) < 4.78 is 25.4. The maximum absolute atomic E-state index is 12.7. The molecule has 1 aromatic heterocycles. The molecule has 13 heavy (non-hydrogen) atoms. The average molecular weight is 204 g/mol. The van der Waals surface area contributed by atoms with E-state index in [0.717, 1.165) is 0 Å². The minimum absolute atomic E-state index is 0.244. The Hall–Kier alpha value is -0.480. The first-order chi connectivity index (χ1) is 6.15. The van der Waals surface area contributed by atoms with Crippen LogP contribution in [0.4, 0.5) is 8.78 Å². The van der Waals surface area contributed by atoms with Gasteiger partial charge in [-0.05, 0) is 30.2 Å². The molecule has 1 heterocycles. The summed E-state index contributed by atoms with van der Waals surface area (Å²) in [6.45, 7) is 0. The Kier molecular flexibility index (Phi) is 2.12. The molecule has 1 atom stereocenters. The average Bonchev–Trinajstić information content (AvgIpc) is 2.80. The SMILES string of the molecule is OC(c1cccs1)(C(F)F)C1CC1. The molecule has 1 fully saturated rings. The Balaban J connectivity index is 2.33. The molecule has 4 heteroatoms. The molecule has 0 saturated heterocycles. The fraction of sp³-hybridized carbons (Fsp3) is 0.556. The van der Waals surface area contributed by atoms with Crippen molar-refractivity contribution in [1.29, 1.82) is 0 Å². The minimum atomic E-state index is -2.68. The highest BCUT2D eigenvalue weighted by Crippen LogP contribution is 2.50. The van der Waals surface area contributed by atoms with Gasteiger partial charge in [0, 0.05) is 4.88 Å². The van der Waals surface area contributed by atoms with Gasteiger partial charge in [0.25, 0.3) is 6.43 Å². The van der Waals surface area contributed by atoms with Crippen molar-refractivity contribution in [1.82, 2.24) is 0 Å². The Bertz CT molecular complexity index is 278. The molecule has 2 rings (SSSR count). The Morgan fingerprint density at radius 3 is 2.62 bits per heavy atom. The van der Waals surface area contributed by atoms with Crippen LogP contribution in [-0.2, 0) is 5.60 Å². The van der Waals surface area contributed by atoms with Gasteiger partial charge in [-0.25, -0.2) is 8.78 Å². The first kappa shape index (κ1) is 9.09. The third-order valence-electron chi connectivity index (χ3n) is 2.45. The second-order valence-corrected chi connectivity index (χ2v) is 4.33. The molecule has 1 unspecified atom stereocenters. The maximum atomic E-state index is 12.7. The fourth-order valence-corrected chi connectivity index (χ4v) is 2.42. The predicted molar refractivity (Wildman–Crippen MR) is 46.9 cm³/mol. The number of alkyl halides is 2. The van der Waals surface area contributed by atoms with Gasteiger partial charge in [0.05, 0.1) is 0 Å². The van der Waals surface area contributed by atoms with Crippen molar-refractivity contribution < 1.29 is 13.9 Å². The van der Waals surface area contributed by atoms with Crippen molar-refractivity contribution in [2.75, 3.05) is 0 Å². The first-order valence-corrected chi connectivity index (χ1v) is 5.08. The molecule has 0 radical (unpaired) electrons. The van der Waals surface area contributed by atoms with E-state index in [0.29, 0.717) is 17.7 Å². The van der Waals surface area contributed by atoms with Gasteiger partial charge < -0.3 is 5.11 Å². The van der Waals surface area contributed by atoms with Gasteiger partial charge in [-0.15, -0.1) is 11.3 Å². The first-order valence-electron chi connectivity index (χ1n) is 4.20. The molecule has 1 nitrogen and oxygen atoms in total. The van der Waals surface area contributed by atoms with E-state index in [9.17, 15) is 13.9 Å². The van der Waals surface area contributed by atoms with E-state index in [1.807, 2.05) is 0 Å². The van der Waals surface area contributed by atoms with Crippen LogP contribution >= 0.6 is 11.3 Å². The van der Waals surface area contributed by atoms with E-state index in [-0.39, 0.29) is 5.92 Å². The Labute approximate surface area is 79.0 Å². The van der Waals surface area contributed by atoms with Gasteiger partial charge in [-0.3, -0.25) is 0 Å². The van der Waals surface area contributed by atoms with Crippen LogP contribution in [0.15, 0.2) is 17.5 Å². The van der Waals surface area contributed by atoms with Crippen LogP contribution in [0.3, 0.4) is 0 Å². The molecule has 1 aliphatic carbocycles. The summed E-state index contributed by atoms with van der Waals surface area (Å²) in [4.78, 5) is 0.394. The largest absolute Gasteiger partial charge is 0.378 e. The van der Waals surface area contributed by atoms with Gasteiger partial charge >= 0.3 is 0 Å². The number of halogens is 2. The van der Waals surface area contributed by atoms with Crippen LogP contribution in [-0.4, -0.2) is 11.5 Å². The summed E-state index contributed by atoms with van der Waals surface area (Å²) in [5, 5.41) is 11.6. The van der Waals surface area contributed by atoms with E-state index < -0.39 is 12.0 Å². The lowest BCUT2D eigenvalue weighted by Gasteiger charge is -2.25. The third kappa shape index (κ3) is 1.38. The van der Waals surface area contributed by atoms with Crippen LogP contribution in [0.1, 0.15) is 17.7 Å². The van der Waals surface area contributed by atoms with Crippen LogP contribution < -0.4 is 0 Å². The Morgan fingerprint density at radius 1 is 1.54 bits per heavy atom. The van der Waals surface area contributed by atoms with Gasteiger partial charge in [0.1, 0.15) is 0 Å². The van der Waals surface area contributed by atoms with E-state index in [2.05, 4.69) is 0 Å². The minimum Gasteiger partial charge on any atom is -0.378 e. The van der Waals surface area contributed by atoms with Crippen LogP contribution in [0.5, 0.6) is 0 Å². The lowest BCUT2D eigenvalue weighted by Crippen LogP contribution is -2.35. The fourth-order valence-electron chi connectivity index (χ4n) is 1.52. The van der Waals surface area contributed by atoms with Crippen molar-refractivity contribution in [3.8, 4) is 0 Å². The predicted octanol–water partition coefficient (Wildman–Crippen LogP) is 2.61. The highest BCUT2D eigenvalue weighted by molar-refractivity contribution is 7.10. The molecule has 72 valence electrons. The molecule has 0 amide bonds. The lowest BCUT2D eigenvalue weighted by molar-refractivity contribution is -0.115. The van der Waals surface area contributed by atoms with Crippen LogP contribution in [0.25, 0.3) is 0 Å². The summed E-state index contributed by atoms with van der Waals surface area (Å²) in [5.74, 6) is -0.244. The van der Waals surface area contributed by atoms with E-state index in [1.54, 1.807) is 17.5 Å². The zero-order chi connectivity index (χ0) is 9.47. The monoisotopic (exact) mass is 204 g/mol. The summed E-state index contributed by atoms with van der Waals surface area (Å²) in [7, 11) is 0. The van der Waals surface area contributed by atoms with Crippen molar-refractivity contribution in [2.24, 2.45) is 5.92 Å². The molecule has 1 aliphatic rings. The number of thiophene rings is 1. The van der Waals surface area contributed by atoms with E-state index in [4.69, 9.17) is 0 Å². The lowest BCUT2D eigenvalue weighted by atomic mass is 9.96. The summed E-state index contributed by atoms with van der Waals surface area (Å²) in [6, 6.07) is 3.27. The van der Waals surface area contributed by atoms with Crippen molar-refractivity contribution in [2.45, 2.75) is 24.9 Å². The summed E-state index contributed by atoms with van der Waals surface area (Å²) in [6.07, 6.45) is -1.27. The van der Waals surface area contributed by atoms with Crippen molar-refractivity contribution in [3.63, 3.8) is 0 Å². The van der Waals surface area contributed by atoms with Crippen molar-refractivity contribution >= 4 is 11.3 Å². The molecule has 1 saturated carbocycles. The van der Waals surface area contributed by atoms with Gasteiger partial charge in [0.15, 0.2) is 5.60 Å². The second-order valence-electron chi connectivity index (χ2n) is 3.38. The quantitative estimate of drug-likeness (QED) is 0.802. The van der Waals surface area contributed by atoms with Crippen LogP contribution in [0, 0.1) is 5.92 Å². The second kappa shape index (κ2) is 3.03. The molecular weight excluding hydrogens is 194 g/mol. The molecule has 0 aliphatic heterocycles. The van der Waals surface area contributed by atoms with Gasteiger partial charge in [-0.2, -0.15) is 0 Å². The van der Waals surface area contributed by atoms with Crippen molar-refractivity contribution in [3.05, 3.63) is 22.4 Å². The number of aliphatic hydroxyl groups is 1. The van der Waals surface area contributed by atoms with Crippen LogP contribution in [0.2, 0.25) is 0 Å². The summed E-state index contributed by atoms with van der Waals surface area (Å²) in [5.41, 5.74) is -1.88. The number of hydrogen-bond acceptors (Lipinski definition) is 2. The number of rotatable bonds is 3. The molecule has 0 bridgehead atoms.